The van der Waals surface area contributed by atoms with E-state index in [0.29, 0.717) is 0 Å². The highest BCUT2D eigenvalue weighted by Crippen LogP contribution is 2.01. The van der Waals surface area contributed by atoms with Crippen LogP contribution in [-0.4, -0.2) is 0 Å². The molecule has 2 rings (SSSR count). The molecule has 0 radical (unpaired) electrons. The number of rotatable bonds is 2. The topological polar surface area (TPSA) is 13.1 Å². The largest absolute Gasteiger partial charge is 0.424 e. The van der Waals surface area contributed by atoms with Crippen LogP contribution in [-0.2, 0) is 0 Å². The molecule has 0 bridgehead atoms. The third-order valence-corrected chi connectivity index (χ3v) is 4.89. The van der Waals surface area contributed by atoms with Gasteiger partial charge < -0.3 is 4.42 Å². The van der Waals surface area contributed by atoms with E-state index in [0.717, 1.165) is 9.53 Å². The molecular weight excluding hydrogens is 402 g/mol. The standard InChI is InChI=1S/C11H9I2O/c1-8-2-7-11(14-8)13-10-5-3-9(12)4-6-10/h2-7H,1H3/q+1. The lowest BCUT2D eigenvalue weighted by atomic mass is 10.4. The van der Waals surface area contributed by atoms with Crippen molar-refractivity contribution in [1.82, 2.24) is 0 Å². The maximum absolute atomic E-state index is 5.56. The van der Waals surface area contributed by atoms with Crippen LogP contribution < -0.4 is 21.2 Å². The summed E-state index contributed by atoms with van der Waals surface area (Å²) in [5, 5.41) is 0. The van der Waals surface area contributed by atoms with Crippen molar-refractivity contribution >= 4 is 22.6 Å². The Labute approximate surface area is 107 Å². The van der Waals surface area contributed by atoms with E-state index in [1.54, 1.807) is 0 Å². The van der Waals surface area contributed by atoms with Gasteiger partial charge in [-0.3, -0.25) is 0 Å². The van der Waals surface area contributed by atoms with E-state index in [2.05, 4.69) is 52.9 Å². The van der Waals surface area contributed by atoms with Crippen LogP contribution in [0.5, 0.6) is 0 Å². The normalized spacial score (nSPS) is 10.4. The molecule has 0 aliphatic heterocycles. The summed E-state index contributed by atoms with van der Waals surface area (Å²) in [6.07, 6.45) is 0. The fraction of sp³-hybridized carbons (Fsp3) is 0.0909. The van der Waals surface area contributed by atoms with Gasteiger partial charge in [0.2, 0.25) is 0 Å². The van der Waals surface area contributed by atoms with Crippen LogP contribution in [0, 0.1) is 17.8 Å². The van der Waals surface area contributed by atoms with Crippen molar-refractivity contribution in [3.8, 4) is 0 Å². The zero-order valence-electron chi connectivity index (χ0n) is 7.63. The van der Waals surface area contributed by atoms with Gasteiger partial charge in [0, 0.05) is 9.64 Å². The molecule has 0 aliphatic rings. The highest BCUT2D eigenvalue weighted by atomic mass is 127. The average Bonchev–Trinajstić information content (AvgIpc) is 2.56. The first kappa shape index (κ1) is 10.5. The van der Waals surface area contributed by atoms with Gasteiger partial charge in [-0.25, -0.2) is 0 Å². The molecule has 3 heteroatoms. The summed E-state index contributed by atoms with van der Waals surface area (Å²) < 4.78 is 9.39. The van der Waals surface area contributed by atoms with Gasteiger partial charge >= 0.3 is 25.0 Å². The summed E-state index contributed by atoms with van der Waals surface area (Å²) in [7, 11) is 0. The Morgan fingerprint density at radius 1 is 1.07 bits per heavy atom. The molecule has 14 heavy (non-hydrogen) atoms. The minimum atomic E-state index is -0.133. The van der Waals surface area contributed by atoms with E-state index >= 15 is 0 Å². The van der Waals surface area contributed by atoms with Crippen LogP contribution in [0.1, 0.15) is 5.76 Å². The summed E-state index contributed by atoms with van der Waals surface area (Å²) in [5.74, 6) is 1.00. The van der Waals surface area contributed by atoms with Gasteiger partial charge in [0.25, 0.3) is 0 Å². The molecular formula is C11H9I2O+. The summed E-state index contributed by atoms with van der Waals surface area (Å²) in [5.41, 5.74) is 0. The highest BCUT2D eigenvalue weighted by molar-refractivity contribution is 14.1. The first-order valence-corrected chi connectivity index (χ1v) is 7.44. The Bertz CT molecular complexity index is 417. The zero-order valence-corrected chi connectivity index (χ0v) is 11.9. The third-order valence-electron chi connectivity index (χ3n) is 1.71. The Hall–Kier alpha value is -0.0400. The van der Waals surface area contributed by atoms with Crippen molar-refractivity contribution in [2.75, 3.05) is 0 Å². The molecule has 0 fully saturated rings. The van der Waals surface area contributed by atoms with Gasteiger partial charge in [0.1, 0.15) is 5.76 Å². The van der Waals surface area contributed by atoms with Crippen molar-refractivity contribution in [3.63, 3.8) is 0 Å². The van der Waals surface area contributed by atoms with E-state index in [1.165, 1.54) is 7.14 Å². The highest BCUT2D eigenvalue weighted by Gasteiger charge is 2.18. The molecule has 0 atom stereocenters. The Balaban J connectivity index is 2.15. The molecule has 0 saturated carbocycles. The first-order valence-electron chi connectivity index (χ1n) is 4.21. The lowest BCUT2D eigenvalue weighted by Crippen LogP contribution is -3.61. The molecule has 1 heterocycles. The molecule has 0 saturated heterocycles. The van der Waals surface area contributed by atoms with Crippen LogP contribution in [0.15, 0.2) is 40.8 Å². The van der Waals surface area contributed by atoms with E-state index < -0.39 is 0 Å². The minimum Gasteiger partial charge on any atom is -0.424 e. The van der Waals surface area contributed by atoms with Crippen LogP contribution in [0.4, 0.5) is 0 Å². The Morgan fingerprint density at radius 2 is 1.79 bits per heavy atom. The van der Waals surface area contributed by atoms with E-state index in [9.17, 15) is 0 Å². The smallest absolute Gasteiger partial charge is 0.400 e. The van der Waals surface area contributed by atoms with Gasteiger partial charge in [-0.1, -0.05) is 0 Å². The molecule has 0 spiro atoms. The number of benzene rings is 1. The number of hydrogen-bond acceptors (Lipinski definition) is 1. The molecule has 0 amide bonds. The number of hydrogen-bond donors (Lipinski definition) is 0. The lowest BCUT2D eigenvalue weighted by Gasteiger charge is -1.85. The summed E-state index contributed by atoms with van der Waals surface area (Å²) in [4.78, 5) is 0. The molecule has 1 nitrogen and oxygen atoms in total. The van der Waals surface area contributed by atoms with Crippen LogP contribution in [0.2, 0.25) is 0 Å². The number of halogens is 2. The predicted molar refractivity (Wildman–Crippen MR) is 60.0 cm³/mol. The van der Waals surface area contributed by atoms with Crippen LogP contribution >= 0.6 is 22.6 Å². The molecule has 0 unspecified atom stereocenters. The van der Waals surface area contributed by atoms with Crippen molar-refractivity contribution in [2.24, 2.45) is 0 Å². The summed E-state index contributed by atoms with van der Waals surface area (Å²) >= 11 is 2.19. The summed E-state index contributed by atoms with van der Waals surface area (Å²) in [6.45, 7) is 1.99. The Kier molecular flexibility index (Phi) is 3.48. The fourth-order valence-corrected chi connectivity index (χ4v) is 3.57. The van der Waals surface area contributed by atoms with Crippen molar-refractivity contribution in [1.29, 1.82) is 0 Å². The molecule has 72 valence electrons. The second-order valence-electron chi connectivity index (χ2n) is 2.88. The quantitative estimate of drug-likeness (QED) is 0.650. The predicted octanol–water partition coefficient (Wildman–Crippen LogP) is 0.321. The van der Waals surface area contributed by atoms with E-state index in [4.69, 9.17) is 4.42 Å². The zero-order chi connectivity index (χ0) is 9.97. The molecule has 1 aromatic carbocycles. The van der Waals surface area contributed by atoms with Crippen LogP contribution in [0.25, 0.3) is 0 Å². The van der Waals surface area contributed by atoms with Gasteiger partial charge in [0.15, 0.2) is 3.57 Å². The molecule has 1 aromatic heterocycles. The van der Waals surface area contributed by atoms with Crippen LogP contribution in [0.3, 0.4) is 0 Å². The molecule has 0 N–H and O–H groups in total. The second kappa shape index (κ2) is 4.65. The van der Waals surface area contributed by atoms with Gasteiger partial charge in [-0.2, -0.15) is 0 Å². The monoisotopic (exact) mass is 411 g/mol. The van der Waals surface area contributed by atoms with Gasteiger partial charge in [0.05, 0.1) is 0 Å². The van der Waals surface area contributed by atoms with Crippen molar-refractivity contribution in [2.45, 2.75) is 6.92 Å². The van der Waals surface area contributed by atoms with Crippen molar-refractivity contribution in [3.05, 3.63) is 53.1 Å². The maximum Gasteiger partial charge on any atom is 0.400 e. The third kappa shape index (κ3) is 2.73. The fourth-order valence-electron chi connectivity index (χ4n) is 1.06. The lowest BCUT2D eigenvalue weighted by molar-refractivity contribution is -0.617. The SMILES string of the molecule is Cc1ccc([I+]c2ccc(I)cc2)o1. The molecule has 0 aliphatic carbocycles. The second-order valence-corrected chi connectivity index (χ2v) is 6.97. The first-order chi connectivity index (χ1) is 6.74. The van der Waals surface area contributed by atoms with E-state index in [-0.39, 0.29) is 21.2 Å². The summed E-state index contributed by atoms with van der Waals surface area (Å²) in [6, 6.07) is 12.8. The maximum atomic E-state index is 5.56. The Morgan fingerprint density at radius 3 is 2.36 bits per heavy atom. The van der Waals surface area contributed by atoms with Gasteiger partial charge in [-0.15, -0.1) is 0 Å². The number of aryl methyl sites for hydroxylation is 1. The van der Waals surface area contributed by atoms with E-state index in [1.807, 2.05) is 13.0 Å². The molecule has 2 aromatic rings. The van der Waals surface area contributed by atoms with Gasteiger partial charge in [-0.05, 0) is 59.8 Å². The average molecular weight is 411 g/mol. The minimum absolute atomic E-state index is 0.133. The number of furan rings is 1. The van der Waals surface area contributed by atoms with Crippen molar-refractivity contribution < 1.29 is 25.6 Å².